The van der Waals surface area contributed by atoms with Gasteiger partial charge in [0.1, 0.15) is 5.75 Å². The number of hydrogen-bond donors (Lipinski definition) is 2. The van der Waals surface area contributed by atoms with Crippen LogP contribution < -0.4 is 4.74 Å². The molecule has 0 spiro atoms. The normalized spacial score (nSPS) is 11.9. The van der Waals surface area contributed by atoms with Gasteiger partial charge in [-0.3, -0.25) is 4.79 Å². The van der Waals surface area contributed by atoms with Crippen molar-refractivity contribution in [2.45, 2.75) is 18.9 Å². The Labute approximate surface area is 123 Å². The lowest BCUT2D eigenvalue weighted by Gasteiger charge is -2.14. The average molecular weight is 286 g/mol. The van der Waals surface area contributed by atoms with E-state index in [0.717, 1.165) is 16.7 Å². The van der Waals surface area contributed by atoms with Gasteiger partial charge in [-0.05, 0) is 28.8 Å². The minimum atomic E-state index is -1.01. The summed E-state index contributed by atoms with van der Waals surface area (Å²) in [4.78, 5) is 10.7. The number of aliphatic hydroxyl groups is 1. The van der Waals surface area contributed by atoms with E-state index in [-0.39, 0.29) is 12.8 Å². The van der Waals surface area contributed by atoms with E-state index in [2.05, 4.69) is 0 Å². The molecule has 0 aromatic heterocycles. The molecule has 21 heavy (non-hydrogen) atoms. The Kier molecular flexibility index (Phi) is 4.95. The first-order chi connectivity index (χ1) is 10.1. The molecule has 0 saturated carbocycles. The van der Waals surface area contributed by atoms with E-state index < -0.39 is 12.1 Å². The predicted molar refractivity (Wildman–Crippen MR) is 80.4 cm³/mol. The summed E-state index contributed by atoms with van der Waals surface area (Å²) in [5.74, 6) is -0.361. The van der Waals surface area contributed by atoms with Crippen LogP contribution in [0.1, 0.15) is 12.0 Å². The van der Waals surface area contributed by atoms with Gasteiger partial charge in [-0.1, -0.05) is 36.4 Å². The van der Waals surface area contributed by atoms with Crippen molar-refractivity contribution in [3.8, 4) is 16.9 Å². The van der Waals surface area contributed by atoms with Crippen LogP contribution >= 0.6 is 0 Å². The van der Waals surface area contributed by atoms with E-state index in [4.69, 9.17) is 9.84 Å². The van der Waals surface area contributed by atoms with E-state index in [1.54, 1.807) is 7.11 Å². The molecule has 0 aliphatic rings. The molecule has 1 atom stereocenters. The zero-order chi connectivity index (χ0) is 15.2. The summed E-state index contributed by atoms with van der Waals surface area (Å²) < 4.78 is 5.28. The van der Waals surface area contributed by atoms with Gasteiger partial charge in [-0.15, -0.1) is 0 Å². The predicted octanol–water partition coefficient (Wildman–Crippen LogP) is 2.74. The van der Waals surface area contributed by atoms with E-state index in [9.17, 15) is 9.90 Å². The van der Waals surface area contributed by atoms with Crippen LogP contribution in [-0.4, -0.2) is 29.4 Å². The summed E-state index contributed by atoms with van der Waals surface area (Å²) in [7, 11) is 1.56. The van der Waals surface area contributed by atoms with Gasteiger partial charge in [0.15, 0.2) is 0 Å². The highest BCUT2D eigenvalue weighted by Crippen LogP contribution is 2.27. The van der Waals surface area contributed by atoms with Gasteiger partial charge in [-0.2, -0.15) is 0 Å². The highest BCUT2D eigenvalue weighted by atomic mass is 16.5. The van der Waals surface area contributed by atoms with Crippen LogP contribution in [-0.2, 0) is 11.2 Å². The molecule has 4 heteroatoms. The van der Waals surface area contributed by atoms with Crippen molar-refractivity contribution in [3.63, 3.8) is 0 Å². The zero-order valence-electron chi connectivity index (χ0n) is 11.8. The number of carbonyl (C=O) groups is 1. The Bertz CT molecular complexity index is 607. The number of rotatable bonds is 6. The Morgan fingerprint density at radius 3 is 2.48 bits per heavy atom. The van der Waals surface area contributed by atoms with Crippen molar-refractivity contribution in [1.29, 1.82) is 0 Å². The first kappa shape index (κ1) is 15.1. The zero-order valence-corrected chi connectivity index (χ0v) is 11.8. The second kappa shape index (κ2) is 6.90. The van der Waals surface area contributed by atoms with Gasteiger partial charge >= 0.3 is 5.97 Å². The number of ether oxygens (including phenoxy) is 1. The number of aliphatic carboxylic acids is 1. The Morgan fingerprint density at radius 2 is 1.86 bits per heavy atom. The average Bonchev–Trinajstić information content (AvgIpc) is 2.47. The topological polar surface area (TPSA) is 66.8 Å². The van der Waals surface area contributed by atoms with Gasteiger partial charge in [0.25, 0.3) is 0 Å². The fourth-order valence-corrected chi connectivity index (χ4v) is 2.28. The first-order valence-corrected chi connectivity index (χ1v) is 6.72. The summed E-state index contributed by atoms with van der Waals surface area (Å²) in [6.45, 7) is 0. The van der Waals surface area contributed by atoms with Gasteiger partial charge in [0.2, 0.25) is 0 Å². The summed E-state index contributed by atoms with van der Waals surface area (Å²) in [6.07, 6.45) is -0.961. The van der Waals surface area contributed by atoms with E-state index in [1.165, 1.54) is 0 Å². The van der Waals surface area contributed by atoms with Gasteiger partial charge in [0, 0.05) is 6.42 Å². The molecule has 0 amide bonds. The van der Waals surface area contributed by atoms with E-state index in [0.29, 0.717) is 5.75 Å². The quantitative estimate of drug-likeness (QED) is 0.857. The fraction of sp³-hybridized carbons (Fsp3) is 0.235. The Hall–Kier alpha value is -2.33. The molecule has 2 rings (SSSR count). The van der Waals surface area contributed by atoms with Crippen LogP contribution in [0.3, 0.4) is 0 Å². The molecule has 0 radical (unpaired) electrons. The van der Waals surface area contributed by atoms with Crippen molar-refractivity contribution < 1.29 is 19.7 Å². The first-order valence-electron chi connectivity index (χ1n) is 6.72. The fourth-order valence-electron chi connectivity index (χ4n) is 2.28. The third kappa shape index (κ3) is 4.07. The highest BCUT2D eigenvalue weighted by Gasteiger charge is 2.14. The smallest absolute Gasteiger partial charge is 0.305 e. The lowest BCUT2D eigenvalue weighted by Crippen LogP contribution is -2.16. The molecular weight excluding hydrogens is 268 g/mol. The van der Waals surface area contributed by atoms with Crippen LogP contribution in [0.15, 0.2) is 48.5 Å². The van der Waals surface area contributed by atoms with Gasteiger partial charge in [0.05, 0.1) is 19.6 Å². The van der Waals surface area contributed by atoms with Gasteiger partial charge in [-0.25, -0.2) is 0 Å². The van der Waals surface area contributed by atoms with Crippen LogP contribution in [0.2, 0.25) is 0 Å². The number of carboxylic acid groups (broad SMARTS) is 1. The van der Waals surface area contributed by atoms with Crippen LogP contribution in [0.5, 0.6) is 5.75 Å². The van der Waals surface area contributed by atoms with E-state index >= 15 is 0 Å². The van der Waals surface area contributed by atoms with Crippen molar-refractivity contribution in [2.24, 2.45) is 0 Å². The molecule has 0 heterocycles. The number of carboxylic acids is 1. The summed E-state index contributed by atoms with van der Waals surface area (Å²) in [6, 6.07) is 15.6. The Morgan fingerprint density at radius 1 is 1.14 bits per heavy atom. The SMILES string of the molecule is COc1ccc(-c2ccccc2)cc1C[C@@H](O)CC(=O)O. The maximum Gasteiger partial charge on any atom is 0.305 e. The van der Waals surface area contributed by atoms with Crippen LogP contribution in [0.4, 0.5) is 0 Å². The lowest BCUT2D eigenvalue weighted by molar-refractivity contribution is -0.139. The largest absolute Gasteiger partial charge is 0.496 e. The van der Waals surface area contributed by atoms with Crippen molar-refractivity contribution in [3.05, 3.63) is 54.1 Å². The molecular formula is C17H18O4. The number of hydrogen-bond acceptors (Lipinski definition) is 3. The molecule has 0 fully saturated rings. The lowest BCUT2D eigenvalue weighted by atomic mass is 9.98. The van der Waals surface area contributed by atoms with E-state index in [1.807, 2.05) is 48.5 Å². The third-order valence-electron chi connectivity index (χ3n) is 3.25. The second-order valence-corrected chi connectivity index (χ2v) is 4.85. The molecule has 4 nitrogen and oxygen atoms in total. The summed E-state index contributed by atoms with van der Waals surface area (Å²) >= 11 is 0. The number of methoxy groups -OCH3 is 1. The van der Waals surface area contributed by atoms with Gasteiger partial charge < -0.3 is 14.9 Å². The number of benzene rings is 2. The standard InChI is InChI=1S/C17H18O4/c1-21-16-8-7-13(12-5-3-2-4-6-12)9-14(16)10-15(18)11-17(19)20/h2-9,15,18H,10-11H2,1H3,(H,19,20)/t15-/m1/s1. The second-order valence-electron chi connectivity index (χ2n) is 4.85. The van der Waals surface area contributed by atoms with Crippen LogP contribution in [0, 0.1) is 0 Å². The number of aliphatic hydroxyl groups excluding tert-OH is 1. The highest BCUT2D eigenvalue weighted by molar-refractivity contribution is 5.68. The Balaban J connectivity index is 2.28. The summed E-state index contributed by atoms with van der Waals surface area (Å²) in [5.41, 5.74) is 2.87. The van der Waals surface area contributed by atoms with Crippen molar-refractivity contribution in [1.82, 2.24) is 0 Å². The molecule has 0 aliphatic carbocycles. The molecule has 0 bridgehead atoms. The molecule has 0 unspecified atom stereocenters. The maximum absolute atomic E-state index is 10.7. The molecule has 2 N–H and O–H groups in total. The third-order valence-corrected chi connectivity index (χ3v) is 3.25. The molecule has 0 saturated heterocycles. The summed E-state index contributed by atoms with van der Waals surface area (Å²) in [5, 5.41) is 18.5. The minimum absolute atomic E-state index is 0.246. The molecule has 2 aromatic carbocycles. The van der Waals surface area contributed by atoms with Crippen molar-refractivity contribution >= 4 is 5.97 Å². The maximum atomic E-state index is 10.7. The monoisotopic (exact) mass is 286 g/mol. The molecule has 0 aliphatic heterocycles. The molecule has 2 aromatic rings. The van der Waals surface area contributed by atoms with Crippen molar-refractivity contribution in [2.75, 3.05) is 7.11 Å². The minimum Gasteiger partial charge on any atom is -0.496 e. The molecule has 110 valence electrons. The van der Waals surface area contributed by atoms with Crippen LogP contribution in [0.25, 0.3) is 11.1 Å².